The van der Waals surface area contributed by atoms with Gasteiger partial charge in [0.25, 0.3) is 0 Å². The number of H-pyrrole nitrogens is 1. The van der Waals surface area contributed by atoms with Gasteiger partial charge in [0.2, 0.25) is 5.91 Å². The van der Waals surface area contributed by atoms with Crippen molar-refractivity contribution >= 4 is 23.3 Å². The molecule has 0 aliphatic carbocycles. The van der Waals surface area contributed by atoms with Crippen LogP contribution in [0.4, 0.5) is 0 Å². The Balaban J connectivity index is 1.73. The number of hydrogen-bond acceptors (Lipinski definition) is 3. The summed E-state index contributed by atoms with van der Waals surface area (Å²) in [6.07, 6.45) is 7.56. The highest BCUT2D eigenvalue weighted by Crippen LogP contribution is 2.16. The van der Waals surface area contributed by atoms with Crippen LogP contribution in [0, 0.1) is 6.92 Å². The van der Waals surface area contributed by atoms with Gasteiger partial charge >= 0.3 is 0 Å². The predicted molar refractivity (Wildman–Crippen MR) is 73.4 cm³/mol. The quantitative estimate of drug-likeness (QED) is 0.810. The topological polar surface area (TPSA) is 57.8 Å². The molecule has 0 saturated carbocycles. The Kier molecular flexibility index (Phi) is 4.30. The first kappa shape index (κ1) is 12.6. The number of rotatable bonds is 5. The molecule has 2 N–H and O–H groups in total. The average Bonchev–Trinajstić information content (AvgIpc) is 2.98. The number of aromatic amines is 1. The lowest BCUT2D eigenvalue weighted by Crippen LogP contribution is -2.23. The zero-order valence-corrected chi connectivity index (χ0v) is 11.0. The molecule has 2 heterocycles. The van der Waals surface area contributed by atoms with Crippen LogP contribution in [0.25, 0.3) is 6.08 Å². The van der Waals surface area contributed by atoms with Gasteiger partial charge in [-0.15, -0.1) is 11.3 Å². The Bertz CT molecular complexity index is 528. The standard InChI is InChI=1S/C13H15N3OS/c1-10-2-3-12(18-10)4-5-13(17)15-7-6-11-8-14-9-16-11/h2-5,8-9H,6-7H2,1H3,(H,14,16)(H,15,17). The van der Waals surface area contributed by atoms with Gasteiger partial charge in [-0.3, -0.25) is 4.79 Å². The van der Waals surface area contributed by atoms with Crippen molar-refractivity contribution in [3.05, 3.63) is 46.2 Å². The molecule has 4 nitrogen and oxygen atoms in total. The maximum atomic E-state index is 11.5. The second-order valence-electron chi connectivity index (χ2n) is 3.90. The van der Waals surface area contributed by atoms with Crippen molar-refractivity contribution < 1.29 is 4.79 Å². The minimum absolute atomic E-state index is 0.0689. The summed E-state index contributed by atoms with van der Waals surface area (Å²) in [5.74, 6) is -0.0689. The van der Waals surface area contributed by atoms with Crippen LogP contribution in [-0.2, 0) is 11.2 Å². The minimum Gasteiger partial charge on any atom is -0.352 e. The summed E-state index contributed by atoms with van der Waals surface area (Å²) in [6.45, 7) is 2.65. The smallest absolute Gasteiger partial charge is 0.244 e. The maximum absolute atomic E-state index is 11.5. The van der Waals surface area contributed by atoms with Gasteiger partial charge in [-0.1, -0.05) is 0 Å². The van der Waals surface area contributed by atoms with Gasteiger partial charge in [0.05, 0.1) is 6.33 Å². The van der Waals surface area contributed by atoms with Crippen LogP contribution in [0.2, 0.25) is 0 Å². The molecule has 0 aliphatic heterocycles. The van der Waals surface area contributed by atoms with Crippen LogP contribution in [0.5, 0.6) is 0 Å². The number of carbonyl (C=O) groups excluding carboxylic acids is 1. The molecule has 0 unspecified atom stereocenters. The van der Waals surface area contributed by atoms with Crippen molar-refractivity contribution in [2.45, 2.75) is 13.3 Å². The zero-order valence-electron chi connectivity index (χ0n) is 10.1. The van der Waals surface area contributed by atoms with Gasteiger partial charge in [-0.25, -0.2) is 4.98 Å². The third kappa shape index (κ3) is 3.85. The lowest BCUT2D eigenvalue weighted by molar-refractivity contribution is -0.116. The second kappa shape index (κ2) is 6.16. The Morgan fingerprint density at radius 1 is 1.56 bits per heavy atom. The van der Waals surface area contributed by atoms with Crippen LogP contribution in [0.3, 0.4) is 0 Å². The van der Waals surface area contributed by atoms with Gasteiger partial charge in [0.15, 0.2) is 0 Å². The Hall–Kier alpha value is -1.88. The Labute approximate surface area is 110 Å². The molecule has 0 spiro atoms. The van der Waals surface area contributed by atoms with Crippen molar-refractivity contribution in [1.82, 2.24) is 15.3 Å². The minimum atomic E-state index is -0.0689. The first-order valence-electron chi connectivity index (χ1n) is 5.73. The summed E-state index contributed by atoms with van der Waals surface area (Å²) < 4.78 is 0. The van der Waals surface area contributed by atoms with Crippen LogP contribution < -0.4 is 5.32 Å². The molecular formula is C13H15N3OS. The molecular weight excluding hydrogens is 246 g/mol. The lowest BCUT2D eigenvalue weighted by atomic mass is 10.3. The molecule has 2 aromatic heterocycles. The first-order chi connectivity index (χ1) is 8.74. The molecule has 0 aliphatic rings. The van der Waals surface area contributed by atoms with E-state index in [1.165, 1.54) is 4.88 Å². The van der Waals surface area contributed by atoms with Crippen LogP contribution in [0.15, 0.2) is 30.7 Å². The number of thiophene rings is 1. The molecule has 0 atom stereocenters. The third-order valence-electron chi connectivity index (χ3n) is 2.41. The molecule has 0 fully saturated rings. The molecule has 0 aromatic carbocycles. The van der Waals surface area contributed by atoms with E-state index in [1.807, 2.05) is 25.1 Å². The largest absolute Gasteiger partial charge is 0.352 e. The van der Waals surface area contributed by atoms with Crippen LogP contribution >= 0.6 is 11.3 Å². The number of amides is 1. The first-order valence-corrected chi connectivity index (χ1v) is 6.55. The van der Waals surface area contributed by atoms with Gasteiger partial charge in [-0.2, -0.15) is 0 Å². The molecule has 0 bridgehead atoms. The molecule has 5 heteroatoms. The van der Waals surface area contributed by atoms with E-state index in [2.05, 4.69) is 15.3 Å². The Morgan fingerprint density at radius 2 is 2.44 bits per heavy atom. The van der Waals surface area contributed by atoms with Crippen molar-refractivity contribution in [1.29, 1.82) is 0 Å². The highest BCUT2D eigenvalue weighted by molar-refractivity contribution is 7.12. The fraction of sp³-hybridized carbons (Fsp3) is 0.231. The van der Waals surface area contributed by atoms with E-state index < -0.39 is 0 Å². The van der Waals surface area contributed by atoms with Gasteiger partial charge in [0, 0.05) is 40.7 Å². The monoisotopic (exact) mass is 261 g/mol. The number of nitrogens with zero attached hydrogens (tertiary/aromatic N) is 1. The van der Waals surface area contributed by atoms with Crippen molar-refractivity contribution in [3.63, 3.8) is 0 Å². The van der Waals surface area contributed by atoms with Crippen molar-refractivity contribution in [2.75, 3.05) is 6.54 Å². The van der Waals surface area contributed by atoms with Crippen LogP contribution in [0.1, 0.15) is 15.4 Å². The normalized spacial score (nSPS) is 10.9. The summed E-state index contributed by atoms with van der Waals surface area (Å²) in [4.78, 5) is 20.8. The molecule has 0 saturated heterocycles. The Morgan fingerprint density at radius 3 is 3.11 bits per heavy atom. The molecule has 18 heavy (non-hydrogen) atoms. The zero-order chi connectivity index (χ0) is 12.8. The SMILES string of the molecule is Cc1ccc(C=CC(=O)NCCc2cnc[nH]2)s1. The highest BCUT2D eigenvalue weighted by Gasteiger charge is 1.98. The average molecular weight is 261 g/mol. The predicted octanol–water partition coefficient (Wildman–Crippen LogP) is 2.15. The molecule has 0 radical (unpaired) electrons. The fourth-order valence-corrected chi connectivity index (χ4v) is 2.28. The highest BCUT2D eigenvalue weighted by atomic mass is 32.1. The van der Waals surface area contributed by atoms with E-state index in [0.29, 0.717) is 6.54 Å². The summed E-state index contributed by atoms with van der Waals surface area (Å²) in [7, 11) is 0. The van der Waals surface area contributed by atoms with Gasteiger partial charge in [0.1, 0.15) is 0 Å². The molecule has 2 aromatic rings. The summed E-state index contributed by atoms with van der Waals surface area (Å²) in [5.41, 5.74) is 1.02. The van der Waals surface area contributed by atoms with E-state index in [1.54, 1.807) is 29.9 Å². The number of aromatic nitrogens is 2. The number of carbonyl (C=O) groups is 1. The van der Waals surface area contributed by atoms with Gasteiger partial charge in [-0.05, 0) is 25.1 Å². The molecule has 1 amide bonds. The van der Waals surface area contributed by atoms with E-state index in [-0.39, 0.29) is 5.91 Å². The number of imidazole rings is 1. The molecule has 2 rings (SSSR count). The summed E-state index contributed by atoms with van der Waals surface area (Å²) in [5, 5.41) is 2.83. The maximum Gasteiger partial charge on any atom is 0.244 e. The van der Waals surface area contributed by atoms with E-state index >= 15 is 0 Å². The molecule has 94 valence electrons. The van der Waals surface area contributed by atoms with E-state index in [0.717, 1.165) is 17.0 Å². The number of hydrogen-bond donors (Lipinski definition) is 2. The number of aryl methyl sites for hydroxylation is 1. The fourth-order valence-electron chi connectivity index (χ4n) is 1.50. The third-order valence-corrected chi connectivity index (χ3v) is 3.37. The summed E-state index contributed by atoms with van der Waals surface area (Å²) >= 11 is 1.67. The van der Waals surface area contributed by atoms with Crippen LogP contribution in [-0.4, -0.2) is 22.4 Å². The van der Waals surface area contributed by atoms with Crippen molar-refractivity contribution in [2.24, 2.45) is 0 Å². The van der Waals surface area contributed by atoms with Crippen molar-refractivity contribution in [3.8, 4) is 0 Å². The summed E-state index contributed by atoms with van der Waals surface area (Å²) in [6, 6.07) is 4.05. The van der Waals surface area contributed by atoms with Gasteiger partial charge < -0.3 is 10.3 Å². The lowest BCUT2D eigenvalue weighted by Gasteiger charge is -1.99. The van der Waals surface area contributed by atoms with E-state index in [4.69, 9.17) is 0 Å². The second-order valence-corrected chi connectivity index (χ2v) is 5.22. The van der Waals surface area contributed by atoms with E-state index in [9.17, 15) is 4.79 Å². The number of nitrogens with one attached hydrogen (secondary N) is 2.